The Morgan fingerprint density at radius 1 is 0.577 bits per heavy atom. The molecule has 3 aromatic carbocycles. The Labute approximate surface area is 155 Å². The van der Waals surface area contributed by atoms with Gasteiger partial charge in [0, 0.05) is 28.4 Å². The fraction of sp³-hybridized carbons (Fsp3) is 0.0833. The van der Waals surface area contributed by atoms with Crippen LogP contribution in [0, 0.1) is 5.92 Å². The Bertz CT molecular complexity index is 841. The molecular weight excluding hydrogens is 333 g/mol. The first-order chi connectivity index (χ1) is 12.9. The van der Waals surface area contributed by atoms with Crippen molar-refractivity contribution in [2.24, 2.45) is 10.7 Å². The highest BCUT2D eigenvalue weighted by molar-refractivity contribution is 7.87. The molecule has 0 atom stereocenters. The summed E-state index contributed by atoms with van der Waals surface area (Å²) in [6, 6.07) is 32.4. The van der Waals surface area contributed by atoms with Crippen molar-refractivity contribution in [1.29, 1.82) is 0 Å². The van der Waals surface area contributed by atoms with Gasteiger partial charge in [-0.3, -0.25) is 4.74 Å². The summed E-state index contributed by atoms with van der Waals surface area (Å²) in [5.41, 5.74) is 0. The second kappa shape index (κ2) is 7.72. The van der Waals surface area contributed by atoms with Crippen LogP contribution >= 0.6 is 7.05 Å². The molecule has 0 amide bonds. The first-order valence-corrected chi connectivity index (χ1v) is 10.7. The SMILES string of the molecule is C1=CC(CN=P(c2ccccc2)(c2ccccc2)c2ccccc2)C=C1. The van der Waals surface area contributed by atoms with Crippen molar-refractivity contribution in [2.45, 2.75) is 0 Å². The summed E-state index contributed by atoms with van der Waals surface area (Å²) in [5, 5.41) is 3.93. The van der Waals surface area contributed by atoms with Crippen LogP contribution in [0.25, 0.3) is 0 Å². The Kier molecular flexibility index (Phi) is 5.00. The van der Waals surface area contributed by atoms with Crippen LogP contribution in [0.4, 0.5) is 0 Å². The third-order valence-corrected chi connectivity index (χ3v) is 8.45. The topological polar surface area (TPSA) is 12.4 Å². The van der Waals surface area contributed by atoms with Gasteiger partial charge >= 0.3 is 0 Å². The molecule has 3 aromatic rings. The predicted octanol–water partition coefficient (Wildman–Crippen LogP) is 4.91. The lowest BCUT2D eigenvalue weighted by Crippen LogP contribution is -2.25. The zero-order valence-corrected chi connectivity index (χ0v) is 15.5. The summed E-state index contributed by atoms with van der Waals surface area (Å²) in [6.07, 6.45) is 8.71. The van der Waals surface area contributed by atoms with Crippen LogP contribution in [0.5, 0.6) is 0 Å². The molecule has 0 N–H and O–H groups in total. The number of hydrogen-bond donors (Lipinski definition) is 0. The third kappa shape index (κ3) is 3.23. The highest BCUT2D eigenvalue weighted by Gasteiger charge is 2.27. The summed E-state index contributed by atoms with van der Waals surface area (Å²) in [5.74, 6) is 0.394. The fourth-order valence-electron chi connectivity index (χ4n) is 3.44. The number of nitrogens with zero attached hydrogens (tertiary/aromatic N) is 1. The van der Waals surface area contributed by atoms with Gasteiger partial charge in [0.15, 0.2) is 0 Å². The maximum atomic E-state index is 5.46. The van der Waals surface area contributed by atoms with E-state index >= 15 is 0 Å². The van der Waals surface area contributed by atoms with Crippen LogP contribution in [-0.2, 0) is 0 Å². The molecule has 0 saturated carbocycles. The smallest absolute Gasteiger partial charge is 0.0548 e. The number of benzene rings is 3. The fourth-order valence-corrected chi connectivity index (χ4v) is 7.07. The van der Waals surface area contributed by atoms with Gasteiger partial charge in [0.2, 0.25) is 0 Å². The van der Waals surface area contributed by atoms with E-state index in [2.05, 4.69) is 115 Å². The van der Waals surface area contributed by atoms with E-state index in [0.29, 0.717) is 5.92 Å². The van der Waals surface area contributed by atoms with Crippen LogP contribution in [0.15, 0.2) is 120 Å². The molecule has 0 saturated heterocycles. The summed E-state index contributed by atoms with van der Waals surface area (Å²) in [6.45, 7) is 0.805. The Hall–Kier alpha value is -2.63. The van der Waals surface area contributed by atoms with Crippen molar-refractivity contribution < 1.29 is 0 Å². The van der Waals surface area contributed by atoms with Gasteiger partial charge < -0.3 is 0 Å². The lowest BCUT2D eigenvalue weighted by Gasteiger charge is -2.27. The van der Waals surface area contributed by atoms with Crippen LogP contribution < -0.4 is 15.9 Å². The highest BCUT2D eigenvalue weighted by atomic mass is 31.2. The second-order valence-electron chi connectivity index (χ2n) is 6.40. The molecule has 0 heterocycles. The molecule has 1 aliphatic carbocycles. The van der Waals surface area contributed by atoms with Crippen LogP contribution in [0.3, 0.4) is 0 Å². The van der Waals surface area contributed by atoms with E-state index in [1.807, 2.05) is 0 Å². The van der Waals surface area contributed by atoms with Crippen LogP contribution in [0.2, 0.25) is 0 Å². The van der Waals surface area contributed by atoms with E-state index in [0.717, 1.165) is 6.54 Å². The van der Waals surface area contributed by atoms with Gasteiger partial charge in [0.1, 0.15) is 0 Å². The first-order valence-electron chi connectivity index (χ1n) is 8.99. The highest BCUT2D eigenvalue weighted by Crippen LogP contribution is 2.46. The average molecular weight is 355 g/mol. The molecule has 0 aromatic heterocycles. The molecule has 4 rings (SSSR count). The Morgan fingerprint density at radius 2 is 0.962 bits per heavy atom. The molecule has 0 fully saturated rings. The van der Waals surface area contributed by atoms with Gasteiger partial charge in [-0.2, -0.15) is 0 Å². The normalized spacial score (nSPS) is 13.8. The first kappa shape index (κ1) is 16.8. The summed E-state index contributed by atoms with van der Waals surface area (Å²) in [4.78, 5) is 0. The van der Waals surface area contributed by atoms with Crippen molar-refractivity contribution >= 4 is 23.0 Å². The molecule has 2 heteroatoms. The molecule has 128 valence electrons. The van der Waals surface area contributed by atoms with Crippen LogP contribution in [0.1, 0.15) is 0 Å². The molecule has 0 bridgehead atoms. The van der Waals surface area contributed by atoms with Crippen molar-refractivity contribution in [3.63, 3.8) is 0 Å². The van der Waals surface area contributed by atoms with Gasteiger partial charge in [-0.05, 0) is 0 Å². The average Bonchev–Trinajstić information content (AvgIpc) is 3.25. The molecule has 0 aliphatic heterocycles. The molecule has 1 nitrogen and oxygen atoms in total. The lowest BCUT2D eigenvalue weighted by molar-refractivity contribution is 0.840. The maximum absolute atomic E-state index is 5.46. The van der Waals surface area contributed by atoms with Gasteiger partial charge in [0.05, 0.1) is 7.05 Å². The Morgan fingerprint density at radius 3 is 1.35 bits per heavy atom. The van der Waals surface area contributed by atoms with Crippen molar-refractivity contribution in [1.82, 2.24) is 0 Å². The quantitative estimate of drug-likeness (QED) is 0.577. The predicted molar refractivity (Wildman–Crippen MR) is 114 cm³/mol. The van der Waals surface area contributed by atoms with Gasteiger partial charge in [0.25, 0.3) is 0 Å². The van der Waals surface area contributed by atoms with Gasteiger partial charge in [-0.25, -0.2) is 0 Å². The largest absolute Gasteiger partial charge is 0.289 e. The number of rotatable bonds is 5. The number of allylic oxidation sites excluding steroid dienone is 2. The van der Waals surface area contributed by atoms with Gasteiger partial charge in [-0.1, -0.05) is 115 Å². The van der Waals surface area contributed by atoms with Crippen molar-refractivity contribution in [2.75, 3.05) is 6.54 Å². The van der Waals surface area contributed by atoms with Crippen molar-refractivity contribution in [3.05, 3.63) is 115 Å². The van der Waals surface area contributed by atoms with E-state index in [4.69, 9.17) is 4.74 Å². The van der Waals surface area contributed by atoms with Crippen molar-refractivity contribution in [3.8, 4) is 0 Å². The van der Waals surface area contributed by atoms with Crippen LogP contribution in [-0.4, -0.2) is 6.54 Å². The summed E-state index contributed by atoms with van der Waals surface area (Å²) >= 11 is 0. The van der Waals surface area contributed by atoms with Gasteiger partial charge in [-0.15, -0.1) is 0 Å². The molecular formula is C24H22NP. The minimum atomic E-state index is -2.05. The standard InChI is InChI=1S/C24H22NP/c1-4-14-22(15-5-1)26(23-16-6-2-7-17-23,24-18-8-3-9-19-24)25-20-21-12-10-11-13-21/h1-19,21H,20H2. The molecule has 0 radical (unpaired) electrons. The zero-order valence-electron chi connectivity index (χ0n) is 14.6. The van der Waals surface area contributed by atoms with E-state index in [9.17, 15) is 0 Å². The Balaban J connectivity index is 1.98. The third-order valence-electron chi connectivity index (χ3n) is 4.72. The zero-order chi connectivity index (χ0) is 17.7. The maximum Gasteiger partial charge on any atom is 0.0548 e. The molecule has 1 aliphatic rings. The van der Waals surface area contributed by atoms with E-state index in [-0.39, 0.29) is 0 Å². The second-order valence-corrected chi connectivity index (χ2v) is 9.50. The minimum Gasteiger partial charge on any atom is -0.289 e. The van der Waals surface area contributed by atoms with E-state index in [1.165, 1.54) is 15.9 Å². The molecule has 0 unspecified atom stereocenters. The monoisotopic (exact) mass is 355 g/mol. The number of hydrogen-bond acceptors (Lipinski definition) is 1. The molecule has 0 spiro atoms. The summed E-state index contributed by atoms with van der Waals surface area (Å²) in [7, 11) is -2.05. The van der Waals surface area contributed by atoms with E-state index < -0.39 is 7.05 Å². The summed E-state index contributed by atoms with van der Waals surface area (Å²) < 4.78 is 5.46. The van der Waals surface area contributed by atoms with E-state index in [1.54, 1.807) is 0 Å². The molecule has 26 heavy (non-hydrogen) atoms. The minimum absolute atomic E-state index is 0.394. The lowest BCUT2D eigenvalue weighted by atomic mass is 10.2.